The third kappa shape index (κ3) is 6.21. The highest BCUT2D eigenvalue weighted by Crippen LogP contribution is 2.39. The topological polar surface area (TPSA) is 109 Å². The van der Waals surface area contributed by atoms with Crippen LogP contribution in [0.25, 0.3) is 11.1 Å². The smallest absolute Gasteiger partial charge is 0.417 e. The van der Waals surface area contributed by atoms with Crippen LogP contribution in [0.1, 0.15) is 30.6 Å². The van der Waals surface area contributed by atoms with Crippen LogP contribution in [0.5, 0.6) is 0 Å². The van der Waals surface area contributed by atoms with E-state index in [1.165, 1.54) is 43.3 Å². The van der Waals surface area contributed by atoms with Crippen LogP contribution in [0.4, 0.5) is 18.0 Å². The van der Waals surface area contributed by atoms with Gasteiger partial charge in [-0.15, -0.1) is 0 Å². The van der Waals surface area contributed by atoms with E-state index in [9.17, 15) is 18.0 Å². The molecule has 1 amide bonds. The lowest BCUT2D eigenvalue weighted by Gasteiger charge is -2.19. The summed E-state index contributed by atoms with van der Waals surface area (Å²) in [6.07, 6.45) is -7.09. The number of hydrogen-bond donors (Lipinski definition) is 3. The number of primary amides is 1. The molecule has 0 saturated carbocycles. The van der Waals surface area contributed by atoms with Gasteiger partial charge in [0.15, 0.2) is 11.8 Å². The number of ether oxygens (including phenoxy) is 2. The van der Waals surface area contributed by atoms with Crippen molar-refractivity contribution in [2.75, 3.05) is 0 Å². The zero-order chi connectivity index (χ0) is 21.8. The van der Waals surface area contributed by atoms with Gasteiger partial charge in [-0.25, -0.2) is 4.79 Å². The standard InChI is InChI=1S/C19H17ClF3N3O3/c1-10(24)28-17(25)9-16(29-18(26)27)12-4-2-3-11(7-12)14-6-5-13(20)8-15(14)19(21,22)23/h2-8,16,24-25H,9H2,1H3,(H2,26,27). The van der Waals surface area contributed by atoms with Crippen LogP contribution < -0.4 is 5.73 Å². The fraction of sp³-hybridized carbons (Fsp3) is 0.211. The van der Waals surface area contributed by atoms with E-state index in [0.717, 1.165) is 6.07 Å². The molecule has 0 spiro atoms. The molecule has 2 aromatic rings. The Labute approximate surface area is 169 Å². The van der Waals surface area contributed by atoms with Gasteiger partial charge in [-0.3, -0.25) is 10.8 Å². The summed E-state index contributed by atoms with van der Waals surface area (Å²) in [5.74, 6) is -0.603. The van der Waals surface area contributed by atoms with Crippen molar-refractivity contribution in [1.82, 2.24) is 0 Å². The zero-order valence-corrected chi connectivity index (χ0v) is 15.9. The lowest BCUT2D eigenvalue weighted by Crippen LogP contribution is -2.21. The maximum absolute atomic E-state index is 13.4. The summed E-state index contributed by atoms with van der Waals surface area (Å²) in [6, 6.07) is 9.29. The highest BCUT2D eigenvalue weighted by atomic mass is 35.5. The molecule has 29 heavy (non-hydrogen) atoms. The maximum Gasteiger partial charge on any atom is 0.417 e. The molecule has 0 aliphatic carbocycles. The van der Waals surface area contributed by atoms with Gasteiger partial charge >= 0.3 is 12.3 Å². The molecular formula is C19H17ClF3N3O3. The fourth-order valence-electron chi connectivity index (χ4n) is 2.67. The molecule has 10 heteroatoms. The summed E-state index contributed by atoms with van der Waals surface area (Å²) in [5, 5.41) is 14.9. The van der Waals surface area contributed by atoms with E-state index >= 15 is 0 Å². The Hall–Kier alpha value is -3.07. The van der Waals surface area contributed by atoms with E-state index in [2.05, 4.69) is 0 Å². The van der Waals surface area contributed by atoms with Gasteiger partial charge in [0.25, 0.3) is 0 Å². The van der Waals surface area contributed by atoms with E-state index in [1.54, 1.807) is 0 Å². The average Bonchev–Trinajstić information content (AvgIpc) is 2.59. The summed E-state index contributed by atoms with van der Waals surface area (Å²) in [5.41, 5.74) is 4.57. The molecule has 0 saturated heterocycles. The molecule has 0 fully saturated rings. The maximum atomic E-state index is 13.4. The van der Waals surface area contributed by atoms with Gasteiger partial charge in [0, 0.05) is 11.9 Å². The first-order valence-electron chi connectivity index (χ1n) is 8.21. The molecule has 0 bridgehead atoms. The Morgan fingerprint density at radius 2 is 1.90 bits per heavy atom. The third-order valence-corrected chi connectivity index (χ3v) is 4.00. The van der Waals surface area contributed by atoms with Crippen molar-refractivity contribution in [3.63, 3.8) is 0 Å². The normalized spacial score (nSPS) is 12.2. The zero-order valence-electron chi connectivity index (χ0n) is 15.1. The quantitative estimate of drug-likeness (QED) is 0.430. The minimum atomic E-state index is -4.63. The van der Waals surface area contributed by atoms with Crippen LogP contribution in [-0.2, 0) is 15.7 Å². The van der Waals surface area contributed by atoms with E-state index in [4.69, 9.17) is 37.6 Å². The van der Waals surface area contributed by atoms with Crippen molar-refractivity contribution in [3.8, 4) is 11.1 Å². The first kappa shape index (κ1) is 22.2. The van der Waals surface area contributed by atoms with Crippen LogP contribution >= 0.6 is 11.6 Å². The second-order valence-electron chi connectivity index (χ2n) is 6.02. The van der Waals surface area contributed by atoms with Crippen LogP contribution in [0.15, 0.2) is 42.5 Å². The molecule has 2 rings (SSSR count). The van der Waals surface area contributed by atoms with Crippen molar-refractivity contribution >= 4 is 29.5 Å². The monoisotopic (exact) mass is 427 g/mol. The Balaban J connectivity index is 2.46. The van der Waals surface area contributed by atoms with Gasteiger partial charge in [-0.1, -0.05) is 35.9 Å². The predicted molar refractivity (Wildman–Crippen MR) is 102 cm³/mol. The fourth-order valence-corrected chi connectivity index (χ4v) is 2.84. The lowest BCUT2D eigenvalue weighted by molar-refractivity contribution is -0.137. The van der Waals surface area contributed by atoms with Gasteiger partial charge < -0.3 is 15.2 Å². The van der Waals surface area contributed by atoms with Crippen molar-refractivity contribution < 1.29 is 27.4 Å². The van der Waals surface area contributed by atoms with Crippen molar-refractivity contribution in [1.29, 1.82) is 10.8 Å². The van der Waals surface area contributed by atoms with Gasteiger partial charge in [0.1, 0.15) is 6.10 Å². The predicted octanol–water partition coefficient (Wildman–Crippen LogP) is 5.54. The number of alkyl halides is 3. The summed E-state index contributed by atoms with van der Waals surface area (Å²) < 4.78 is 50.1. The number of carbonyl (C=O) groups is 1. The number of carbonyl (C=O) groups excluding carboxylic acids is 1. The molecule has 6 nitrogen and oxygen atoms in total. The van der Waals surface area contributed by atoms with E-state index in [-0.39, 0.29) is 34.4 Å². The number of amides is 1. The van der Waals surface area contributed by atoms with E-state index in [1.807, 2.05) is 0 Å². The first-order valence-corrected chi connectivity index (χ1v) is 8.58. The second-order valence-corrected chi connectivity index (χ2v) is 6.46. The minimum absolute atomic E-state index is 0.0558. The summed E-state index contributed by atoms with van der Waals surface area (Å²) in [4.78, 5) is 11.2. The van der Waals surface area contributed by atoms with Crippen LogP contribution in [0.2, 0.25) is 5.02 Å². The molecule has 1 atom stereocenters. The SMILES string of the molecule is CC(=N)OC(=N)CC(OC(N)=O)c1cccc(-c2ccc(Cl)cc2C(F)(F)F)c1. The molecular weight excluding hydrogens is 411 g/mol. The average molecular weight is 428 g/mol. The Bertz CT molecular complexity index is 948. The number of nitrogens with two attached hydrogens (primary N) is 1. The molecule has 154 valence electrons. The number of halogens is 4. The molecule has 0 aliphatic rings. The number of hydrogen-bond acceptors (Lipinski definition) is 5. The van der Waals surface area contributed by atoms with Gasteiger partial charge in [0.05, 0.1) is 12.0 Å². The highest BCUT2D eigenvalue weighted by molar-refractivity contribution is 6.30. The van der Waals surface area contributed by atoms with Gasteiger partial charge in [-0.05, 0) is 34.9 Å². The van der Waals surface area contributed by atoms with E-state index in [0.29, 0.717) is 5.56 Å². The Kier molecular flexibility index (Phi) is 6.86. The molecule has 1 unspecified atom stereocenters. The molecule has 0 aliphatic heterocycles. The molecule has 0 heterocycles. The second kappa shape index (κ2) is 8.95. The van der Waals surface area contributed by atoms with Crippen LogP contribution in [0, 0.1) is 10.8 Å². The van der Waals surface area contributed by atoms with Crippen molar-refractivity contribution in [3.05, 3.63) is 58.6 Å². The van der Waals surface area contributed by atoms with Gasteiger partial charge in [0.2, 0.25) is 0 Å². The molecule has 0 aromatic heterocycles. The lowest BCUT2D eigenvalue weighted by atomic mass is 9.95. The summed E-state index contributed by atoms with van der Waals surface area (Å²) in [6.45, 7) is 1.32. The Morgan fingerprint density at radius 1 is 1.21 bits per heavy atom. The first-order chi connectivity index (χ1) is 13.5. The third-order valence-electron chi connectivity index (χ3n) is 3.76. The van der Waals surface area contributed by atoms with Crippen molar-refractivity contribution in [2.45, 2.75) is 25.6 Å². The number of rotatable bonds is 5. The largest absolute Gasteiger partial charge is 0.441 e. The molecule has 4 N–H and O–H groups in total. The molecule has 2 aromatic carbocycles. The summed E-state index contributed by atoms with van der Waals surface area (Å²) in [7, 11) is 0. The number of benzene rings is 2. The van der Waals surface area contributed by atoms with E-state index < -0.39 is 23.9 Å². The highest BCUT2D eigenvalue weighted by Gasteiger charge is 2.34. The minimum Gasteiger partial charge on any atom is -0.441 e. The van der Waals surface area contributed by atoms with Crippen molar-refractivity contribution in [2.24, 2.45) is 5.73 Å². The Morgan fingerprint density at radius 3 is 2.48 bits per heavy atom. The summed E-state index contributed by atoms with van der Waals surface area (Å²) >= 11 is 5.72. The number of nitrogens with one attached hydrogen (secondary N) is 2. The van der Waals surface area contributed by atoms with Gasteiger partial charge in [-0.2, -0.15) is 13.2 Å². The molecule has 0 radical (unpaired) electrons. The van der Waals surface area contributed by atoms with Crippen LogP contribution in [0.3, 0.4) is 0 Å². The van der Waals surface area contributed by atoms with Crippen LogP contribution in [-0.4, -0.2) is 17.9 Å².